The largest absolute Gasteiger partial charge is 0.357 e. The second kappa shape index (κ2) is 5.49. The summed E-state index contributed by atoms with van der Waals surface area (Å²) in [5, 5.41) is 4.63. The van der Waals surface area contributed by atoms with Crippen molar-refractivity contribution in [1.82, 2.24) is 19.9 Å². The van der Waals surface area contributed by atoms with Gasteiger partial charge in [0.2, 0.25) is 5.95 Å². The highest BCUT2D eigenvalue weighted by molar-refractivity contribution is 7.99. The van der Waals surface area contributed by atoms with E-state index in [9.17, 15) is 0 Å². The summed E-state index contributed by atoms with van der Waals surface area (Å²) in [6.45, 7) is 3.86. The van der Waals surface area contributed by atoms with E-state index in [0.717, 1.165) is 11.4 Å². The number of hydrogen-bond donors (Lipinski definition) is 1. The van der Waals surface area contributed by atoms with Crippen molar-refractivity contribution in [3.05, 3.63) is 28.7 Å². The van der Waals surface area contributed by atoms with Crippen molar-refractivity contribution in [2.45, 2.75) is 24.0 Å². The topological polar surface area (TPSA) is 63.6 Å². The van der Waals surface area contributed by atoms with Crippen LogP contribution in [-0.4, -0.2) is 27.0 Å². The number of halogens is 1. The van der Waals surface area contributed by atoms with E-state index in [-0.39, 0.29) is 0 Å². The molecule has 2 rings (SSSR count). The number of nitrogens with zero attached hydrogens (tertiary/aromatic N) is 4. The second-order valence-electron chi connectivity index (χ2n) is 3.63. The molecular formula is C11H12ClN5S. The van der Waals surface area contributed by atoms with Crippen LogP contribution in [0, 0.1) is 13.8 Å². The van der Waals surface area contributed by atoms with E-state index in [0.29, 0.717) is 21.2 Å². The maximum absolute atomic E-state index is 6.05. The molecule has 0 saturated heterocycles. The maximum atomic E-state index is 6.05. The van der Waals surface area contributed by atoms with E-state index in [2.05, 4.69) is 25.3 Å². The molecule has 0 unspecified atom stereocenters. The zero-order chi connectivity index (χ0) is 13.1. The fourth-order valence-electron chi connectivity index (χ4n) is 1.37. The molecule has 0 aromatic carbocycles. The third-order valence-electron chi connectivity index (χ3n) is 2.09. The summed E-state index contributed by atoms with van der Waals surface area (Å²) in [6.07, 6.45) is 1.56. The monoisotopic (exact) mass is 281 g/mol. The van der Waals surface area contributed by atoms with E-state index in [1.165, 1.54) is 11.8 Å². The Morgan fingerprint density at radius 2 is 1.83 bits per heavy atom. The molecule has 0 amide bonds. The third kappa shape index (κ3) is 3.08. The fourth-order valence-corrected chi connectivity index (χ4v) is 2.41. The fraction of sp³-hybridized carbons (Fsp3) is 0.273. The van der Waals surface area contributed by atoms with Gasteiger partial charge < -0.3 is 5.32 Å². The summed E-state index contributed by atoms with van der Waals surface area (Å²) in [4.78, 5) is 17.0. The van der Waals surface area contributed by atoms with Gasteiger partial charge in [0.15, 0.2) is 5.16 Å². The molecule has 0 atom stereocenters. The van der Waals surface area contributed by atoms with Gasteiger partial charge in [0.25, 0.3) is 0 Å². The lowest BCUT2D eigenvalue weighted by atomic mass is 10.4. The summed E-state index contributed by atoms with van der Waals surface area (Å²) in [6, 6.07) is 1.92. The molecule has 0 radical (unpaired) electrons. The van der Waals surface area contributed by atoms with Crippen molar-refractivity contribution in [3.8, 4) is 0 Å². The molecule has 18 heavy (non-hydrogen) atoms. The zero-order valence-electron chi connectivity index (χ0n) is 10.2. The molecule has 0 aliphatic heterocycles. The molecule has 2 aromatic rings. The molecular weight excluding hydrogens is 270 g/mol. The highest BCUT2D eigenvalue weighted by Crippen LogP contribution is 2.29. The lowest BCUT2D eigenvalue weighted by Crippen LogP contribution is -1.98. The molecule has 5 nitrogen and oxygen atoms in total. The highest BCUT2D eigenvalue weighted by atomic mass is 35.5. The normalized spacial score (nSPS) is 10.4. The van der Waals surface area contributed by atoms with Crippen LogP contribution in [-0.2, 0) is 0 Å². The Morgan fingerprint density at radius 3 is 2.44 bits per heavy atom. The van der Waals surface area contributed by atoms with Crippen LogP contribution in [0.3, 0.4) is 0 Å². The van der Waals surface area contributed by atoms with Crippen LogP contribution < -0.4 is 5.32 Å². The van der Waals surface area contributed by atoms with Crippen LogP contribution in [0.15, 0.2) is 22.4 Å². The van der Waals surface area contributed by atoms with Gasteiger partial charge in [0, 0.05) is 18.4 Å². The minimum Gasteiger partial charge on any atom is -0.357 e. The molecule has 0 spiro atoms. The smallest absolute Gasteiger partial charge is 0.223 e. The van der Waals surface area contributed by atoms with Crippen molar-refractivity contribution in [1.29, 1.82) is 0 Å². The second-order valence-corrected chi connectivity index (χ2v) is 5.00. The number of nitrogens with one attached hydrogen (secondary N) is 1. The van der Waals surface area contributed by atoms with E-state index in [4.69, 9.17) is 11.6 Å². The molecule has 0 aliphatic carbocycles. The Labute approximate surface area is 114 Å². The van der Waals surface area contributed by atoms with Gasteiger partial charge in [0.1, 0.15) is 5.03 Å². The Bertz CT molecular complexity index is 555. The summed E-state index contributed by atoms with van der Waals surface area (Å²) in [7, 11) is 1.75. The Kier molecular flexibility index (Phi) is 3.98. The summed E-state index contributed by atoms with van der Waals surface area (Å²) < 4.78 is 0. The molecule has 0 fully saturated rings. The van der Waals surface area contributed by atoms with Gasteiger partial charge >= 0.3 is 0 Å². The van der Waals surface area contributed by atoms with Crippen LogP contribution in [0.1, 0.15) is 11.4 Å². The van der Waals surface area contributed by atoms with Crippen LogP contribution in [0.5, 0.6) is 0 Å². The lowest BCUT2D eigenvalue weighted by Gasteiger charge is -2.05. The van der Waals surface area contributed by atoms with Gasteiger partial charge in [-0.15, -0.1) is 0 Å². The van der Waals surface area contributed by atoms with Gasteiger partial charge in [-0.25, -0.2) is 19.9 Å². The molecule has 1 N–H and O–H groups in total. The maximum Gasteiger partial charge on any atom is 0.223 e. The first-order valence-electron chi connectivity index (χ1n) is 5.29. The van der Waals surface area contributed by atoms with Crippen LogP contribution in [0.2, 0.25) is 5.02 Å². The van der Waals surface area contributed by atoms with Gasteiger partial charge in [-0.2, -0.15) is 0 Å². The summed E-state index contributed by atoms with van der Waals surface area (Å²) in [5.41, 5.74) is 1.84. The lowest BCUT2D eigenvalue weighted by molar-refractivity contribution is 0.897. The summed E-state index contributed by atoms with van der Waals surface area (Å²) >= 11 is 7.38. The van der Waals surface area contributed by atoms with Crippen LogP contribution in [0.4, 0.5) is 5.95 Å². The first-order chi connectivity index (χ1) is 8.58. The SMILES string of the molecule is CNc1ncc(Cl)c(Sc2nc(C)cc(C)n2)n1. The van der Waals surface area contributed by atoms with Gasteiger partial charge in [-0.3, -0.25) is 0 Å². The van der Waals surface area contributed by atoms with E-state index < -0.39 is 0 Å². The van der Waals surface area contributed by atoms with E-state index in [1.54, 1.807) is 13.2 Å². The molecule has 2 aromatic heterocycles. The van der Waals surface area contributed by atoms with Gasteiger partial charge in [-0.1, -0.05) is 11.6 Å². The Hall–Kier alpha value is -1.40. The van der Waals surface area contributed by atoms with E-state index in [1.807, 2.05) is 19.9 Å². The highest BCUT2D eigenvalue weighted by Gasteiger charge is 2.09. The zero-order valence-corrected chi connectivity index (χ0v) is 11.8. The summed E-state index contributed by atoms with van der Waals surface area (Å²) in [5.74, 6) is 0.520. The first kappa shape index (κ1) is 13.0. The number of aryl methyl sites for hydroxylation is 2. The molecule has 0 bridgehead atoms. The van der Waals surface area contributed by atoms with Crippen LogP contribution >= 0.6 is 23.4 Å². The predicted molar refractivity (Wildman–Crippen MR) is 72.2 cm³/mol. The number of hydrogen-bond acceptors (Lipinski definition) is 6. The predicted octanol–water partition coefficient (Wildman–Crippen LogP) is 2.73. The molecule has 0 saturated carbocycles. The van der Waals surface area contributed by atoms with Crippen molar-refractivity contribution in [2.75, 3.05) is 12.4 Å². The van der Waals surface area contributed by atoms with Crippen molar-refractivity contribution >= 4 is 29.3 Å². The number of rotatable bonds is 3. The first-order valence-corrected chi connectivity index (χ1v) is 6.48. The molecule has 0 aliphatic rings. The Morgan fingerprint density at radius 1 is 1.17 bits per heavy atom. The van der Waals surface area contributed by atoms with Crippen molar-refractivity contribution < 1.29 is 0 Å². The number of anilines is 1. The molecule has 2 heterocycles. The average Bonchev–Trinajstić information content (AvgIpc) is 2.30. The minimum atomic E-state index is 0.488. The van der Waals surface area contributed by atoms with E-state index >= 15 is 0 Å². The van der Waals surface area contributed by atoms with Crippen LogP contribution in [0.25, 0.3) is 0 Å². The quantitative estimate of drug-likeness (QED) is 0.689. The van der Waals surface area contributed by atoms with Crippen molar-refractivity contribution in [2.24, 2.45) is 0 Å². The van der Waals surface area contributed by atoms with Gasteiger partial charge in [0.05, 0.1) is 11.2 Å². The van der Waals surface area contributed by atoms with Crippen molar-refractivity contribution in [3.63, 3.8) is 0 Å². The molecule has 94 valence electrons. The minimum absolute atomic E-state index is 0.488. The molecule has 7 heteroatoms. The third-order valence-corrected chi connectivity index (χ3v) is 3.34. The standard InChI is InChI=1S/C11H12ClN5S/c1-6-4-7(2)16-11(15-6)18-9-8(12)5-14-10(13-3)17-9/h4-5H,1-3H3,(H,13,14,17). The number of aromatic nitrogens is 4. The average molecular weight is 282 g/mol. The van der Waals surface area contributed by atoms with Gasteiger partial charge in [-0.05, 0) is 31.7 Å². The Balaban J connectivity index is 2.33.